The molecule has 0 bridgehead atoms. The van der Waals surface area contributed by atoms with Gasteiger partial charge in [0.05, 0.1) is 11.5 Å². The van der Waals surface area contributed by atoms with E-state index >= 15 is 0 Å². The van der Waals surface area contributed by atoms with Crippen LogP contribution in [0.5, 0.6) is 0 Å². The first kappa shape index (κ1) is 11.1. The number of carbonyl (C=O) groups excluding carboxylic acids is 1. The first-order valence-corrected chi connectivity index (χ1v) is 3.40. The van der Waals surface area contributed by atoms with Gasteiger partial charge in [0.1, 0.15) is 5.57 Å². The van der Waals surface area contributed by atoms with E-state index in [0.29, 0.717) is 6.20 Å². The summed E-state index contributed by atoms with van der Waals surface area (Å²) in [4.78, 5) is 20.0. The Morgan fingerprint density at radius 3 is 2.77 bits per heavy atom. The molecular weight excluding hydrogens is 176 g/mol. The Balaban J connectivity index is 4.46. The van der Waals surface area contributed by atoms with Crippen LogP contribution in [0, 0.1) is 15.5 Å². The molecule has 13 heavy (non-hydrogen) atoms. The van der Waals surface area contributed by atoms with Crippen LogP contribution < -0.4 is 0 Å². The fourth-order valence-corrected chi connectivity index (χ4v) is 0.505. The molecule has 0 fully saturated rings. The molecule has 0 saturated heterocycles. The summed E-state index contributed by atoms with van der Waals surface area (Å²) in [5.41, 5.74) is -0.279. The van der Waals surface area contributed by atoms with E-state index in [-0.39, 0.29) is 12.2 Å². The van der Waals surface area contributed by atoms with Gasteiger partial charge in [0.25, 0.3) is 0 Å². The van der Waals surface area contributed by atoms with Gasteiger partial charge in [0.15, 0.2) is 0 Å². The maximum absolute atomic E-state index is 10.9. The third kappa shape index (κ3) is 4.49. The molecule has 0 aromatic rings. The molecule has 6 heteroatoms. The van der Waals surface area contributed by atoms with E-state index in [1.54, 1.807) is 12.8 Å². The minimum absolute atomic E-state index is 0.149. The number of hydrogen-bond donors (Lipinski definition) is 1. The predicted octanol–water partition coefficient (Wildman–Crippen LogP) is 0.515. The Bertz CT molecular complexity index is 289. The Morgan fingerprint density at radius 1 is 1.77 bits per heavy atom. The number of rotatable bonds is 4. The fraction of sp³-hybridized carbons (Fsp3) is 0.286. The van der Waals surface area contributed by atoms with Crippen molar-refractivity contribution in [2.75, 3.05) is 6.61 Å². The van der Waals surface area contributed by atoms with E-state index in [1.165, 1.54) is 0 Å². The number of esters is 1. The molecule has 1 N–H and O–H groups in total. The third-order valence-electron chi connectivity index (χ3n) is 0.993. The molecule has 0 rings (SSSR count). The summed E-state index contributed by atoms with van der Waals surface area (Å²) < 4.78 is 4.49. The lowest BCUT2D eigenvalue weighted by atomic mass is 10.3. The van der Waals surface area contributed by atoms with Crippen molar-refractivity contribution in [3.05, 3.63) is 28.0 Å². The van der Waals surface area contributed by atoms with E-state index in [4.69, 9.17) is 5.41 Å². The molecule has 0 atom stereocenters. The number of hydrogen-bond acceptors (Lipinski definition) is 5. The maximum Gasteiger partial charge on any atom is 0.347 e. The maximum atomic E-state index is 10.9. The van der Waals surface area contributed by atoms with E-state index < -0.39 is 10.9 Å². The fourth-order valence-electron chi connectivity index (χ4n) is 0.505. The molecule has 0 aromatic carbocycles. The number of nitrogens with zero attached hydrogens (tertiary/aromatic N) is 1. The highest BCUT2D eigenvalue weighted by molar-refractivity contribution is 6.00. The van der Waals surface area contributed by atoms with Crippen LogP contribution in [0.4, 0.5) is 0 Å². The van der Waals surface area contributed by atoms with E-state index in [9.17, 15) is 14.9 Å². The van der Waals surface area contributed by atoms with Gasteiger partial charge in [0, 0.05) is 6.08 Å². The Kier molecular flexibility index (Phi) is 4.83. The highest BCUT2D eigenvalue weighted by atomic mass is 16.6. The molecule has 0 heterocycles. The summed E-state index contributed by atoms with van der Waals surface area (Å²) in [6.45, 7) is 1.74. The first-order chi connectivity index (χ1) is 6.11. The lowest BCUT2D eigenvalue weighted by Crippen LogP contribution is -2.06. The second kappa shape index (κ2) is 5.68. The van der Waals surface area contributed by atoms with Gasteiger partial charge in [0.2, 0.25) is 6.20 Å². The van der Waals surface area contributed by atoms with Crippen molar-refractivity contribution in [1.29, 1.82) is 5.41 Å². The summed E-state index contributed by atoms with van der Waals surface area (Å²) in [5, 5.41) is 16.5. The number of nitrogens with one attached hydrogen (secondary N) is 1. The minimum Gasteiger partial charge on any atom is -0.462 e. The van der Waals surface area contributed by atoms with Crippen molar-refractivity contribution in [3.8, 4) is 0 Å². The Hall–Kier alpha value is -1.94. The molecular formula is C7H8N2O4. The van der Waals surface area contributed by atoms with Crippen molar-refractivity contribution in [2.24, 2.45) is 0 Å². The van der Waals surface area contributed by atoms with Crippen LogP contribution >= 0.6 is 0 Å². The second-order valence-electron chi connectivity index (χ2n) is 1.86. The molecule has 0 radical (unpaired) electrons. The van der Waals surface area contributed by atoms with Gasteiger partial charge >= 0.3 is 5.97 Å². The second-order valence-corrected chi connectivity index (χ2v) is 1.86. The molecule has 6 nitrogen and oxygen atoms in total. The number of ether oxygens (including phenoxy) is 1. The van der Waals surface area contributed by atoms with Gasteiger partial charge in [-0.25, -0.2) is 4.79 Å². The smallest absolute Gasteiger partial charge is 0.347 e. The normalized spacial score (nSPS) is 9.31. The SMILES string of the molecule is CCOC(=O)C(=C=N)/C=C/[N+](=O)[O-]. The minimum atomic E-state index is -0.796. The Labute approximate surface area is 74.2 Å². The monoisotopic (exact) mass is 184 g/mol. The van der Waals surface area contributed by atoms with Gasteiger partial charge in [-0.2, -0.15) is 0 Å². The molecule has 0 saturated carbocycles. The zero-order valence-electron chi connectivity index (χ0n) is 6.94. The molecule has 0 aliphatic carbocycles. The summed E-state index contributed by atoms with van der Waals surface area (Å²) >= 11 is 0. The topological polar surface area (TPSA) is 93.3 Å². The van der Waals surface area contributed by atoms with Crippen LogP contribution in [-0.2, 0) is 9.53 Å². The zero-order chi connectivity index (χ0) is 10.3. The molecule has 0 aliphatic heterocycles. The molecule has 0 aliphatic rings. The summed E-state index contributed by atoms with van der Waals surface area (Å²) in [6.07, 6.45) is 1.42. The first-order valence-electron chi connectivity index (χ1n) is 3.40. The summed E-state index contributed by atoms with van der Waals surface area (Å²) in [5.74, 6) is 0.947. The predicted molar refractivity (Wildman–Crippen MR) is 44.0 cm³/mol. The lowest BCUT2D eigenvalue weighted by Gasteiger charge is -1.96. The van der Waals surface area contributed by atoms with E-state index in [2.05, 4.69) is 4.74 Å². The number of nitro groups is 1. The van der Waals surface area contributed by atoms with Crippen LogP contribution in [0.15, 0.2) is 17.8 Å². The van der Waals surface area contributed by atoms with Crippen LogP contribution in [0.3, 0.4) is 0 Å². The van der Waals surface area contributed by atoms with Gasteiger partial charge in [-0.15, -0.1) is 0 Å². The van der Waals surface area contributed by atoms with Crippen molar-refractivity contribution in [1.82, 2.24) is 0 Å². The van der Waals surface area contributed by atoms with Crippen molar-refractivity contribution in [2.45, 2.75) is 6.92 Å². The highest BCUT2D eigenvalue weighted by Crippen LogP contribution is 1.95. The van der Waals surface area contributed by atoms with Crippen LogP contribution in [0.25, 0.3) is 0 Å². The van der Waals surface area contributed by atoms with Gasteiger partial charge in [-0.05, 0) is 12.8 Å². The molecule has 0 aromatic heterocycles. The quantitative estimate of drug-likeness (QED) is 0.172. The van der Waals surface area contributed by atoms with Crippen LogP contribution in [-0.4, -0.2) is 23.4 Å². The van der Waals surface area contributed by atoms with Crippen LogP contribution in [0.2, 0.25) is 0 Å². The summed E-state index contributed by atoms with van der Waals surface area (Å²) in [6, 6.07) is 0. The van der Waals surface area contributed by atoms with E-state index in [0.717, 1.165) is 6.08 Å². The Morgan fingerprint density at radius 2 is 2.38 bits per heavy atom. The molecule has 0 amide bonds. The van der Waals surface area contributed by atoms with Crippen molar-refractivity contribution < 1.29 is 14.5 Å². The van der Waals surface area contributed by atoms with Gasteiger partial charge < -0.3 is 4.74 Å². The zero-order valence-corrected chi connectivity index (χ0v) is 6.94. The van der Waals surface area contributed by atoms with Gasteiger partial charge in [-0.1, -0.05) is 0 Å². The number of carbonyl (C=O) groups is 1. The standard InChI is InChI=1S/C7H8N2O4/c1-2-13-7(10)6(5-8)3-4-9(11)12/h3-4,8H,2H2,1H3/b4-3+. The van der Waals surface area contributed by atoms with Crippen molar-refractivity contribution >= 4 is 11.8 Å². The average molecular weight is 184 g/mol. The third-order valence-corrected chi connectivity index (χ3v) is 0.993. The molecule has 70 valence electrons. The highest BCUT2D eigenvalue weighted by Gasteiger charge is 2.07. The lowest BCUT2D eigenvalue weighted by molar-refractivity contribution is -0.402. The molecule has 0 spiro atoms. The summed E-state index contributed by atoms with van der Waals surface area (Å²) in [7, 11) is 0. The van der Waals surface area contributed by atoms with Crippen molar-refractivity contribution in [3.63, 3.8) is 0 Å². The largest absolute Gasteiger partial charge is 0.462 e. The van der Waals surface area contributed by atoms with E-state index in [1.807, 2.05) is 0 Å². The average Bonchev–Trinajstić information content (AvgIpc) is 2.05. The van der Waals surface area contributed by atoms with Crippen LogP contribution in [0.1, 0.15) is 6.92 Å². The molecule has 0 unspecified atom stereocenters. The van der Waals surface area contributed by atoms with Gasteiger partial charge in [-0.3, -0.25) is 15.5 Å².